The molecule has 1 fully saturated rings. The quantitative estimate of drug-likeness (QED) is 0.446. The predicted molar refractivity (Wildman–Crippen MR) is 123 cm³/mol. The zero-order valence-corrected chi connectivity index (χ0v) is 21.0. The first-order valence-corrected chi connectivity index (χ1v) is 15.4. The van der Waals surface area contributed by atoms with E-state index in [-0.39, 0.29) is 32.9 Å². The van der Waals surface area contributed by atoms with Crippen LogP contribution in [-0.4, -0.2) is 51.6 Å². The van der Waals surface area contributed by atoms with Gasteiger partial charge < -0.3 is 9.33 Å². The van der Waals surface area contributed by atoms with Gasteiger partial charge in [0.15, 0.2) is 8.32 Å². The summed E-state index contributed by atoms with van der Waals surface area (Å²) in [4.78, 5) is 14.9. The normalized spacial score (nSPS) is 25.7. The van der Waals surface area contributed by atoms with Gasteiger partial charge in [-0.1, -0.05) is 39.0 Å². The molecule has 8 heteroatoms. The van der Waals surface area contributed by atoms with E-state index in [1.54, 1.807) is 41.3 Å². The van der Waals surface area contributed by atoms with Gasteiger partial charge in [-0.3, -0.25) is 4.79 Å². The van der Waals surface area contributed by atoms with Crippen LogP contribution in [0.3, 0.4) is 0 Å². The van der Waals surface area contributed by atoms with Gasteiger partial charge in [-0.15, -0.1) is 11.6 Å². The van der Waals surface area contributed by atoms with Gasteiger partial charge in [0.25, 0.3) is 0 Å². The maximum absolute atomic E-state index is 13.5. The zero-order chi connectivity index (χ0) is 22.3. The number of rotatable bonds is 6. The molecule has 1 aliphatic carbocycles. The molecule has 0 unspecified atom stereocenters. The summed E-state index contributed by atoms with van der Waals surface area (Å²) in [5, 5.41) is -0.000464. The fraction of sp³-hybridized carbons (Fsp3) is 0.591. The summed E-state index contributed by atoms with van der Waals surface area (Å²) in [6.07, 6.45) is 2.91. The number of nitrogens with zero attached hydrogens (tertiary/aromatic N) is 1. The standard InChI is InChI=1S/C22H32ClNO4SSi/c1-22(2,3)30(4,5)28-17-13-19(24-16(15-23)11-12-21(24)25)20(14-17)29(26,27)18-9-7-6-8-10-18/h6-10,14,16-17,19H,11-13,15H2,1-5H3/t16-,17+,19-/m0/s1. The lowest BCUT2D eigenvalue weighted by Gasteiger charge is -2.38. The predicted octanol–water partition coefficient (Wildman–Crippen LogP) is 4.74. The average molecular weight is 470 g/mol. The van der Waals surface area contributed by atoms with E-state index in [1.807, 2.05) is 0 Å². The second-order valence-corrected chi connectivity index (χ2v) is 16.7. The summed E-state index contributed by atoms with van der Waals surface area (Å²) in [6.45, 7) is 10.8. The first kappa shape index (κ1) is 23.5. The number of sulfone groups is 1. The van der Waals surface area contributed by atoms with E-state index >= 15 is 0 Å². The van der Waals surface area contributed by atoms with Crippen molar-refractivity contribution >= 4 is 35.7 Å². The number of hydrogen-bond acceptors (Lipinski definition) is 4. The van der Waals surface area contributed by atoms with Crippen LogP contribution in [0.15, 0.2) is 46.2 Å². The second-order valence-electron chi connectivity index (χ2n) is 9.70. The molecule has 1 aliphatic heterocycles. The van der Waals surface area contributed by atoms with Crippen molar-refractivity contribution in [3.63, 3.8) is 0 Å². The van der Waals surface area contributed by atoms with Gasteiger partial charge in [0, 0.05) is 24.8 Å². The highest BCUT2D eigenvalue weighted by molar-refractivity contribution is 7.95. The van der Waals surface area contributed by atoms with Crippen LogP contribution in [0.4, 0.5) is 0 Å². The van der Waals surface area contributed by atoms with Crippen molar-refractivity contribution in [3.8, 4) is 0 Å². The Morgan fingerprint density at radius 3 is 2.40 bits per heavy atom. The van der Waals surface area contributed by atoms with Gasteiger partial charge in [-0.05, 0) is 42.8 Å². The van der Waals surface area contributed by atoms with Crippen molar-refractivity contribution in [1.82, 2.24) is 4.90 Å². The molecule has 0 radical (unpaired) electrons. The third-order valence-electron chi connectivity index (χ3n) is 6.64. The second kappa shape index (κ2) is 8.41. The molecule has 1 amide bonds. The van der Waals surface area contributed by atoms with E-state index in [0.29, 0.717) is 25.1 Å². The van der Waals surface area contributed by atoms with Crippen molar-refractivity contribution in [2.24, 2.45) is 0 Å². The molecular weight excluding hydrogens is 438 g/mol. The van der Waals surface area contributed by atoms with Crippen LogP contribution in [-0.2, 0) is 19.1 Å². The van der Waals surface area contributed by atoms with Crippen LogP contribution in [0.5, 0.6) is 0 Å². The van der Waals surface area contributed by atoms with Crippen molar-refractivity contribution in [3.05, 3.63) is 41.3 Å². The Kier molecular flexibility index (Phi) is 6.59. The lowest BCUT2D eigenvalue weighted by atomic mass is 10.2. The fourth-order valence-corrected chi connectivity index (χ4v) is 7.20. The first-order valence-electron chi connectivity index (χ1n) is 10.5. The van der Waals surface area contributed by atoms with Crippen molar-refractivity contribution in [2.45, 2.75) is 81.2 Å². The summed E-state index contributed by atoms with van der Waals surface area (Å²) < 4.78 is 33.6. The minimum absolute atomic E-state index is 0.000464. The molecule has 166 valence electrons. The lowest BCUT2D eigenvalue weighted by Crippen LogP contribution is -2.46. The van der Waals surface area contributed by atoms with Crippen molar-refractivity contribution in [2.75, 3.05) is 5.88 Å². The molecule has 1 aromatic rings. The van der Waals surface area contributed by atoms with E-state index in [9.17, 15) is 13.2 Å². The molecule has 5 nitrogen and oxygen atoms in total. The van der Waals surface area contributed by atoms with Crippen LogP contribution in [0.25, 0.3) is 0 Å². The number of amides is 1. The Labute approximate surface area is 186 Å². The van der Waals surface area contributed by atoms with E-state index in [1.165, 1.54) is 0 Å². The number of carbonyl (C=O) groups excluding carboxylic acids is 1. The summed E-state index contributed by atoms with van der Waals surface area (Å²) in [5.74, 6) is 0.266. The first-order chi connectivity index (χ1) is 13.9. The van der Waals surface area contributed by atoms with Crippen molar-refractivity contribution in [1.29, 1.82) is 0 Å². The summed E-state index contributed by atoms with van der Waals surface area (Å²) >= 11 is 6.14. The van der Waals surface area contributed by atoms with Gasteiger partial charge in [0.05, 0.1) is 21.9 Å². The molecule has 2 aliphatic rings. The van der Waals surface area contributed by atoms with Gasteiger partial charge in [0.2, 0.25) is 15.7 Å². The van der Waals surface area contributed by atoms with E-state index in [4.69, 9.17) is 16.0 Å². The largest absolute Gasteiger partial charge is 0.410 e. The minimum Gasteiger partial charge on any atom is -0.410 e. The highest BCUT2D eigenvalue weighted by Gasteiger charge is 2.47. The fourth-order valence-electron chi connectivity index (χ4n) is 3.93. The molecule has 0 bridgehead atoms. The average Bonchev–Trinajstić information content (AvgIpc) is 3.24. The topological polar surface area (TPSA) is 63.7 Å². The van der Waals surface area contributed by atoms with E-state index in [0.717, 1.165) is 0 Å². The molecule has 1 aromatic carbocycles. The zero-order valence-electron chi connectivity index (χ0n) is 18.4. The molecule has 30 heavy (non-hydrogen) atoms. The number of hydrogen-bond donors (Lipinski definition) is 0. The molecule has 0 saturated carbocycles. The Bertz CT molecular complexity index is 924. The van der Waals surface area contributed by atoms with E-state index in [2.05, 4.69) is 33.9 Å². The molecule has 0 N–H and O–H groups in total. The van der Waals surface area contributed by atoms with Crippen LogP contribution in [0.2, 0.25) is 18.1 Å². The molecule has 0 aromatic heterocycles. The summed E-state index contributed by atoms with van der Waals surface area (Å²) in [5.41, 5.74) is 0. The Morgan fingerprint density at radius 2 is 1.83 bits per heavy atom. The Balaban J connectivity index is 2.02. The molecule has 1 saturated heterocycles. The third-order valence-corrected chi connectivity index (χ3v) is 13.4. The molecular formula is C22H32ClNO4SSi. The summed E-state index contributed by atoms with van der Waals surface area (Å²) in [7, 11) is -5.86. The van der Waals surface area contributed by atoms with Crippen LogP contribution in [0, 0.1) is 0 Å². The van der Waals surface area contributed by atoms with E-state index < -0.39 is 24.2 Å². The van der Waals surface area contributed by atoms with Crippen molar-refractivity contribution < 1.29 is 17.6 Å². The number of halogens is 1. The monoisotopic (exact) mass is 469 g/mol. The summed E-state index contributed by atoms with van der Waals surface area (Å²) in [6, 6.07) is 7.72. The highest BCUT2D eigenvalue weighted by Crippen LogP contribution is 2.42. The maximum Gasteiger partial charge on any atom is 0.223 e. The number of benzene rings is 1. The smallest absolute Gasteiger partial charge is 0.223 e. The number of carbonyl (C=O) groups is 1. The lowest BCUT2D eigenvalue weighted by molar-refractivity contribution is -0.130. The van der Waals surface area contributed by atoms with Gasteiger partial charge in [0.1, 0.15) is 0 Å². The van der Waals surface area contributed by atoms with Crippen LogP contribution in [0.1, 0.15) is 40.0 Å². The molecule has 3 atom stereocenters. The number of likely N-dealkylation sites (tertiary alicyclic amines) is 1. The SMILES string of the molecule is CC(C)(C)[Si](C)(C)O[C@H]1C=C(S(=O)(=O)c2ccccc2)[C@@H](N2C(=O)CC[C@H]2CCl)C1. The molecule has 1 heterocycles. The molecule has 0 spiro atoms. The number of alkyl halides is 1. The Hall–Kier alpha value is -1.15. The minimum atomic E-state index is -3.74. The van der Waals surface area contributed by atoms with Crippen LogP contribution < -0.4 is 0 Å². The van der Waals surface area contributed by atoms with Gasteiger partial charge in [-0.25, -0.2) is 8.42 Å². The van der Waals surface area contributed by atoms with Gasteiger partial charge >= 0.3 is 0 Å². The van der Waals surface area contributed by atoms with Gasteiger partial charge in [-0.2, -0.15) is 0 Å². The molecule has 3 rings (SSSR count). The third kappa shape index (κ3) is 4.40. The highest BCUT2D eigenvalue weighted by atomic mass is 35.5. The Morgan fingerprint density at radius 1 is 1.20 bits per heavy atom. The van der Waals surface area contributed by atoms with Crippen LogP contribution >= 0.6 is 11.6 Å². The maximum atomic E-state index is 13.5.